The number of carbonyl (C=O) groups excluding carboxylic acids is 9. The molecule has 3 fully saturated rings. The SMILES string of the molecule is CCC1CC(NC(C)=O)C(OCCCCC(=O)NCCCNC(=O)CCOCC(C)(COCCC(=O)NCCCNC(=O)CCCCOC2OC(CO)CCC2NC(C)=O)COCCC(=O)NCCCNC(=O)CCCCOC2OC(CO)CCC2NC(C)=O)OC1CO. The summed E-state index contributed by atoms with van der Waals surface area (Å²) >= 11 is 0. The molecule has 9 amide bonds. The number of hydrogen-bond acceptors (Lipinski definition) is 21. The molecule has 3 saturated heterocycles. The molecule has 30 heteroatoms. The van der Waals surface area contributed by atoms with Gasteiger partial charge in [-0.25, -0.2) is 0 Å². The zero-order chi connectivity index (χ0) is 68.8. The highest BCUT2D eigenvalue weighted by Crippen LogP contribution is 2.29. The van der Waals surface area contributed by atoms with Gasteiger partial charge in [0.2, 0.25) is 53.2 Å². The summed E-state index contributed by atoms with van der Waals surface area (Å²) in [5.74, 6) is -1.55. The highest BCUT2D eigenvalue weighted by Gasteiger charge is 2.39. The number of aliphatic hydroxyl groups excluding tert-OH is 3. The van der Waals surface area contributed by atoms with Crippen LogP contribution < -0.4 is 47.9 Å². The second-order valence-electron chi connectivity index (χ2n) is 24.7. The first-order valence-electron chi connectivity index (χ1n) is 34.0. The molecule has 0 aromatic rings. The van der Waals surface area contributed by atoms with Gasteiger partial charge in [-0.05, 0) is 95.8 Å². The van der Waals surface area contributed by atoms with Crippen molar-refractivity contribution in [3.8, 4) is 0 Å². The largest absolute Gasteiger partial charge is 0.394 e. The molecule has 10 unspecified atom stereocenters. The second-order valence-corrected chi connectivity index (χ2v) is 24.7. The standard InChI is InChI=1S/C64H115N9O21/c1-6-48-38-53(73-47(4)79)63(94-54(48)41-76)91-34-12-9-18-57(82)67-28-15-31-70-60(85)25-37-88-44-64(5,42-86-35-23-58(83)68-29-13-26-65-55(80)16-7-10-32-89-61-51(71-45(2)77)21-19-49(39-74)92-61)43-87-36-24-59(84)69-30-14-27-66-56(81)17-8-11-33-90-62-52(72-46(3)78)22-20-50(40-75)93-62/h48-54,61-63,74-76H,6-44H2,1-5H3,(H,65,80)(H,66,81)(H,67,82)(H,68,83)(H,69,84)(H,70,85)(H,71,77)(H,72,78)(H,73,79). The van der Waals surface area contributed by atoms with E-state index >= 15 is 0 Å². The first-order valence-corrected chi connectivity index (χ1v) is 34.0. The third-order valence-electron chi connectivity index (χ3n) is 15.9. The summed E-state index contributed by atoms with van der Waals surface area (Å²) in [6.45, 7) is 11.6. The van der Waals surface area contributed by atoms with E-state index in [0.717, 1.165) is 6.42 Å². The van der Waals surface area contributed by atoms with Crippen LogP contribution in [0.4, 0.5) is 0 Å². The van der Waals surface area contributed by atoms with Gasteiger partial charge in [0, 0.05) is 124 Å². The van der Waals surface area contributed by atoms with Crippen molar-refractivity contribution in [2.24, 2.45) is 11.3 Å². The molecule has 10 atom stereocenters. The molecule has 3 heterocycles. The Morgan fingerprint density at radius 3 is 1.03 bits per heavy atom. The van der Waals surface area contributed by atoms with E-state index in [1.165, 1.54) is 20.8 Å². The average molecular weight is 1350 g/mol. The molecule has 3 rings (SSSR count). The number of rotatable bonds is 52. The van der Waals surface area contributed by atoms with Crippen LogP contribution in [0, 0.1) is 11.3 Å². The Kier molecular flexibility index (Phi) is 44.3. The fourth-order valence-electron chi connectivity index (χ4n) is 10.7. The van der Waals surface area contributed by atoms with E-state index < -0.39 is 24.3 Å². The Balaban J connectivity index is 1.32. The van der Waals surface area contributed by atoms with Crippen molar-refractivity contribution in [1.29, 1.82) is 0 Å². The molecule has 94 heavy (non-hydrogen) atoms. The van der Waals surface area contributed by atoms with Gasteiger partial charge in [-0.3, -0.25) is 43.2 Å². The number of aliphatic hydroxyl groups is 3. The van der Waals surface area contributed by atoms with Crippen molar-refractivity contribution < 1.29 is 101 Å². The third kappa shape index (κ3) is 38.5. The van der Waals surface area contributed by atoms with Crippen LogP contribution in [0.15, 0.2) is 0 Å². The van der Waals surface area contributed by atoms with Gasteiger partial charge in [-0.1, -0.05) is 20.3 Å². The summed E-state index contributed by atoms with van der Waals surface area (Å²) in [7, 11) is 0. The van der Waals surface area contributed by atoms with Crippen molar-refractivity contribution in [3.05, 3.63) is 0 Å². The molecule has 3 aliphatic heterocycles. The molecular weight excluding hydrogens is 1230 g/mol. The topological polar surface area (TPSA) is 406 Å². The van der Waals surface area contributed by atoms with E-state index in [2.05, 4.69) is 47.9 Å². The van der Waals surface area contributed by atoms with Crippen molar-refractivity contribution in [1.82, 2.24) is 47.9 Å². The normalized spacial score (nSPS) is 22.6. The van der Waals surface area contributed by atoms with Gasteiger partial charge < -0.3 is 106 Å². The zero-order valence-electron chi connectivity index (χ0n) is 56.5. The fraction of sp³-hybridized carbons (Fsp3) is 0.859. The van der Waals surface area contributed by atoms with Gasteiger partial charge in [0.25, 0.3) is 0 Å². The molecule has 30 nitrogen and oxygen atoms in total. The third-order valence-corrected chi connectivity index (χ3v) is 15.9. The predicted molar refractivity (Wildman–Crippen MR) is 343 cm³/mol. The van der Waals surface area contributed by atoms with Crippen molar-refractivity contribution >= 4 is 53.2 Å². The summed E-state index contributed by atoms with van der Waals surface area (Å²) in [6.07, 6.45) is 6.92. The number of unbranched alkanes of at least 4 members (excludes halogenated alkanes) is 3. The van der Waals surface area contributed by atoms with Gasteiger partial charge in [-0.15, -0.1) is 0 Å². The molecule has 0 aromatic carbocycles. The van der Waals surface area contributed by atoms with E-state index in [0.29, 0.717) is 149 Å². The molecule has 0 aromatic heterocycles. The second kappa shape index (κ2) is 50.2. The van der Waals surface area contributed by atoms with E-state index in [-0.39, 0.29) is 194 Å². The molecular formula is C64H115N9O21. The maximum absolute atomic E-state index is 12.7. The Hall–Kier alpha value is -5.25. The highest BCUT2D eigenvalue weighted by atomic mass is 16.7. The Bertz CT molecular complexity index is 2100. The van der Waals surface area contributed by atoms with E-state index in [9.17, 15) is 58.5 Å². The van der Waals surface area contributed by atoms with Crippen molar-refractivity contribution in [3.63, 3.8) is 0 Å². The maximum atomic E-state index is 12.7. The van der Waals surface area contributed by atoms with Gasteiger partial charge in [0.15, 0.2) is 18.9 Å². The molecule has 0 aliphatic carbocycles. The lowest BCUT2D eigenvalue weighted by atomic mass is 9.89. The first-order chi connectivity index (χ1) is 45.3. The molecule has 12 N–H and O–H groups in total. The Morgan fingerprint density at radius 2 is 0.723 bits per heavy atom. The molecule has 542 valence electrons. The zero-order valence-corrected chi connectivity index (χ0v) is 56.5. The number of nitrogens with one attached hydrogen (secondary N) is 9. The van der Waals surface area contributed by atoms with E-state index in [1.807, 2.05) is 13.8 Å². The van der Waals surface area contributed by atoms with Crippen LogP contribution in [-0.4, -0.2) is 242 Å². The monoisotopic (exact) mass is 1350 g/mol. The average Bonchev–Trinajstić information content (AvgIpc) is 1.01. The van der Waals surface area contributed by atoms with Gasteiger partial charge >= 0.3 is 0 Å². The lowest BCUT2D eigenvalue weighted by Crippen LogP contribution is -2.54. The van der Waals surface area contributed by atoms with Gasteiger partial charge in [0.1, 0.15) is 0 Å². The molecule has 0 bridgehead atoms. The predicted octanol–water partition coefficient (Wildman–Crippen LogP) is 0.283. The van der Waals surface area contributed by atoms with Gasteiger partial charge in [-0.2, -0.15) is 0 Å². The summed E-state index contributed by atoms with van der Waals surface area (Å²) in [5.41, 5.74) is -0.733. The van der Waals surface area contributed by atoms with E-state index in [1.54, 1.807) is 0 Å². The number of amides is 9. The lowest BCUT2D eigenvalue weighted by molar-refractivity contribution is -0.231. The Labute approximate surface area is 555 Å². The lowest BCUT2D eigenvalue weighted by Gasteiger charge is -2.40. The van der Waals surface area contributed by atoms with Crippen LogP contribution in [0.2, 0.25) is 0 Å². The quantitative estimate of drug-likeness (QED) is 0.0364. The fourth-order valence-corrected chi connectivity index (χ4v) is 10.7. The maximum Gasteiger partial charge on any atom is 0.222 e. The van der Waals surface area contributed by atoms with Crippen molar-refractivity contribution in [2.75, 3.05) is 119 Å². The van der Waals surface area contributed by atoms with Crippen molar-refractivity contribution in [2.45, 2.75) is 225 Å². The van der Waals surface area contributed by atoms with Crippen LogP contribution in [-0.2, 0) is 85.8 Å². The Morgan fingerprint density at radius 1 is 0.404 bits per heavy atom. The highest BCUT2D eigenvalue weighted by molar-refractivity contribution is 5.78. The molecule has 0 saturated carbocycles. The number of hydrogen-bond donors (Lipinski definition) is 12. The van der Waals surface area contributed by atoms with Crippen LogP contribution >= 0.6 is 0 Å². The molecule has 3 aliphatic rings. The number of ether oxygens (including phenoxy) is 9. The summed E-state index contributed by atoms with van der Waals surface area (Å²) in [5, 5.41) is 54.4. The minimum Gasteiger partial charge on any atom is -0.394 e. The summed E-state index contributed by atoms with van der Waals surface area (Å²) in [6, 6.07) is -0.946. The van der Waals surface area contributed by atoms with Crippen LogP contribution in [0.5, 0.6) is 0 Å². The van der Waals surface area contributed by atoms with Crippen LogP contribution in [0.25, 0.3) is 0 Å². The number of carbonyl (C=O) groups is 9. The smallest absolute Gasteiger partial charge is 0.222 e. The summed E-state index contributed by atoms with van der Waals surface area (Å²) < 4.78 is 53.0. The van der Waals surface area contributed by atoms with Crippen LogP contribution in [0.1, 0.15) is 169 Å². The minimum absolute atomic E-state index is 0.0724. The summed E-state index contributed by atoms with van der Waals surface area (Å²) in [4.78, 5) is 110. The molecule has 0 radical (unpaired) electrons. The minimum atomic E-state index is -0.733. The van der Waals surface area contributed by atoms with E-state index in [4.69, 9.17) is 42.6 Å². The van der Waals surface area contributed by atoms with Gasteiger partial charge in [0.05, 0.1) is 95.9 Å². The first kappa shape index (κ1) is 83.0. The molecule has 0 spiro atoms. The van der Waals surface area contributed by atoms with Crippen LogP contribution in [0.3, 0.4) is 0 Å².